The molecule has 0 aliphatic carbocycles. The second-order valence-corrected chi connectivity index (χ2v) is 3.53. The van der Waals surface area contributed by atoms with Crippen molar-refractivity contribution < 1.29 is 19.4 Å². The third-order valence-electron chi connectivity index (χ3n) is 2.48. The van der Waals surface area contributed by atoms with Crippen molar-refractivity contribution in [3.63, 3.8) is 0 Å². The SMILES string of the molecule is COC(=O)C1COc2ccc(O)cc2C1. The first-order chi connectivity index (χ1) is 7.20. The lowest BCUT2D eigenvalue weighted by atomic mass is 9.97. The van der Waals surface area contributed by atoms with E-state index >= 15 is 0 Å². The van der Waals surface area contributed by atoms with E-state index in [4.69, 9.17) is 4.74 Å². The summed E-state index contributed by atoms with van der Waals surface area (Å²) in [4.78, 5) is 11.3. The van der Waals surface area contributed by atoms with Crippen LogP contribution in [-0.4, -0.2) is 24.8 Å². The van der Waals surface area contributed by atoms with Gasteiger partial charge in [-0.3, -0.25) is 4.79 Å². The molecule has 1 aromatic carbocycles. The summed E-state index contributed by atoms with van der Waals surface area (Å²) in [6.45, 7) is 0.338. The predicted molar refractivity (Wildman–Crippen MR) is 52.8 cm³/mol. The van der Waals surface area contributed by atoms with Crippen molar-refractivity contribution in [2.75, 3.05) is 13.7 Å². The number of carbonyl (C=O) groups is 1. The fraction of sp³-hybridized carbons (Fsp3) is 0.364. The monoisotopic (exact) mass is 208 g/mol. The van der Waals surface area contributed by atoms with E-state index in [1.807, 2.05) is 0 Å². The highest BCUT2D eigenvalue weighted by Gasteiger charge is 2.26. The average Bonchev–Trinajstić information content (AvgIpc) is 2.27. The maximum absolute atomic E-state index is 11.3. The van der Waals surface area contributed by atoms with Gasteiger partial charge in [-0.15, -0.1) is 0 Å². The van der Waals surface area contributed by atoms with E-state index in [-0.39, 0.29) is 17.6 Å². The number of methoxy groups -OCH3 is 1. The summed E-state index contributed by atoms with van der Waals surface area (Å²) < 4.78 is 10.1. The van der Waals surface area contributed by atoms with Gasteiger partial charge in [0.15, 0.2) is 0 Å². The van der Waals surface area contributed by atoms with Gasteiger partial charge >= 0.3 is 5.97 Å². The van der Waals surface area contributed by atoms with Gasteiger partial charge in [-0.1, -0.05) is 0 Å². The van der Waals surface area contributed by atoms with Crippen LogP contribution in [0.1, 0.15) is 5.56 Å². The van der Waals surface area contributed by atoms with Crippen LogP contribution in [0.15, 0.2) is 18.2 Å². The molecule has 1 unspecified atom stereocenters. The molecule has 1 aliphatic rings. The zero-order valence-corrected chi connectivity index (χ0v) is 8.40. The number of ether oxygens (including phenoxy) is 2. The lowest BCUT2D eigenvalue weighted by molar-refractivity contribution is -0.146. The Bertz CT molecular complexity index is 386. The van der Waals surface area contributed by atoms with Crippen molar-refractivity contribution in [3.8, 4) is 11.5 Å². The standard InChI is InChI=1S/C11H12O4/c1-14-11(13)8-4-7-5-9(12)2-3-10(7)15-6-8/h2-3,5,8,12H,4,6H2,1H3. The molecule has 0 saturated carbocycles. The van der Waals surface area contributed by atoms with Crippen LogP contribution in [0.2, 0.25) is 0 Å². The van der Waals surface area contributed by atoms with Gasteiger partial charge in [0.1, 0.15) is 18.1 Å². The first-order valence-corrected chi connectivity index (χ1v) is 4.73. The molecule has 1 heterocycles. The molecular formula is C11H12O4. The maximum atomic E-state index is 11.3. The Hall–Kier alpha value is -1.71. The molecule has 0 spiro atoms. The topological polar surface area (TPSA) is 55.8 Å². The normalized spacial score (nSPS) is 18.9. The summed E-state index contributed by atoms with van der Waals surface area (Å²) in [7, 11) is 1.36. The first kappa shape index (κ1) is 9.83. The Balaban J connectivity index is 2.22. The molecule has 0 aromatic heterocycles. The second kappa shape index (κ2) is 3.81. The number of fused-ring (bicyclic) bond motifs is 1. The largest absolute Gasteiger partial charge is 0.508 e. The zero-order valence-electron chi connectivity index (χ0n) is 8.40. The molecule has 0 fully saturated rings. The predicted octanol–water partition coefficient (Wildman–Crippen LogP) is 1.12. The van der Waals surface area contributed by atoms with Crippen LogP contribution in [0.4, 0.5) is 0 Å². The number of rotatable bonds is 1. The van der Waals surface area contributed by atoms with Crippen LogP contribution in [0.25, 0.3) is 0 Å². The van der Waals surface area contributed by atoms with Crippen LogP contribution in [0.5, 0.6) is 11.5 Å². The lowest BCUT2D eigenvalue weighted by Crippen LogP contribution is -2.28. The summed E-state index contributed by atoms with van der Waals surface area (Å²) in [6, 6.07) is 4.89. The first-order valence-electron chi connectivity index (χ1n) is 4.73. The van der Waals surface area contributed by atoms with Crippen molar-refractivity contribution in [2.45, 2.75) is 6.42 Å². The molecule has 4 heteroatoms. The summed E-state index contributed by atoms with van der Waals surface area (Å²) in [5.74, 6) is 0.365. The van der Waals surface area contributed by atoms with Gasteiger partial charge < -0.3 is 14.6 Å². The summed E-state index contributed by atoms with van der Waals surface area (Å²) in [6.07, 6.45) is 0.552. The average molecular weight is 208 g/mol. The highest BCUT2D eigenvalue weighted by atomic mass is 16.5. The minimum Gasteiger partial charge on any atom is -0.508 e. The van der Waals surface area contributed by atoms with Gasteiger partial charge in [-0.05, 0) is 30.2 Å². The van der Waals surface area contributed by atoms with Crippen molar-refractivity contribution in [1.82, 2.24) is 0 Å². The third kappa shape index (κ3) is 1.88. The fourth-order valence-corrected chi connectivity index (χ4v) is 1.70. The Kier molecular flexibility index (Phi) is 2.49. The second-order valence-electron chi connectivity index (χ2n) is 3.53. The van der Waals surface area contributed by atoms with Crippen molar-refractivity contribution in [1.29, 1.82) is 0 Å². The minimum absolute atomic E-state index is 0.183. The van der Waals surface area contributed by atoms with E-state index in [1.165, 1.54) is 7.11 Å². The highest BCUT2D eigenvalue weighted by molar-refractivity contribution is 5.73. The molecule has 1 aliphatic heterocycles. The zero-order chi connectivity index (χ0) is 10.8. The van der Waals surface area contributed by atoms with E-state index in [0.717, 1.165) is 11.3 Å². The molecule has 1 atom stereocenters. The molecule has 0 saturated heterocycles. The number of benzene rings is 1. The van der Waals surface area contributed by atoms with E-state index in [1.54, 1.807) is 18.2 Å². The van der Waals surface area contributed by atoms with Crippen molar-refractivity contribution >= 4 is 5.97 Å². The molecular weight excluding hydrogens is 196 g/mol. The molecule has 0 radical (unpaired) electrons. The van der Waals surface area contributed by atoms with Gasteiger partial charge in [0.05, 0.1) is 13.0 Å². The molecule has 0 amide bonds. The van der Waals surface area contributed by atoms with Crippen LogP contribution in [0, 0.1) is 5.92 Å². The number of hydrogen-bond acceptors (Lipinski definition) is 4. The Morgan fingerprint density at radius 1 is 1.60 bits per heavy atom. The molecule has 4 nitrogen and oxygen atoms in total. The Morgan fingerprint density at radius 3 is 3.13 bits per heavy atom. The number of hydrogen-bond donors (Lipinski definition) is 1. The number of aromatic hydroxyl groups is 1. The lowest BCUT2D eigenvalue weighted by Gasteiger charge is -2.23. The van der Waals surface area contributed by atoms with Gasteiger partial charge in [0.2, 0.25) is 0 Å². The van der Waals surface area contributed by atoms with Crippen LogP contribution in [0.3, 0.4) is 0 Å². The van der Waals surface area contributed by atoms with Crippen molar-refractivity contribution in [3.05, 3.63) is 23.8 Å². The smallest absolute Gasteiger partial charge is 0.312 e. The number of carbonyl (C=O) groups excluding carboxylic acids is 1. The van der Waals surface area contributed by atoms with Gasteiger partial charge in [-0.2, -0.15) is 0 Å². The van der Waals surface area contributed by atoms with Crippen LogP contribution >= 0.6 is 0 Å². The van der Waals surface area contributed by atoms with Crippen LogP contribution < -0.4 is 4.74 Å². The van der Waals surface area contributed by atoms with E-state index < -0.39 is 0 Å². The molecule has 1 aromatic rings. The number of phenolic OH excluding ortho intramolecular Hbond substituents is 1. The van der Waals surface area contributed by atoms with Gasteiger partial charge in [0, 0.05) is 0 Å². The Morgan fingerprint density at radius 2 is 2.40 bits per heavy atom. The molecule has 15 heavy (non-hydrogen) atoms. The molecule has 80 valence electrons. The number of esters is 1. The molecule has 0 bridgehead atoms. The van der Waals surface area contributed by atoms with Crippen LogP contribution in [-0.2, 0) is 16.0 Å². The third-order valence-corrected chi connectivity index (χ3v) is 2.48. The fourth-order valence-electron chi connectivity index (χ4n) is 1.70. The summed E-state index contributed by atoms with van der Waals surface area (Å²) >= 11 is 0. The van der Waals surface area contributed by atoms with E-state index in [9.17, 15) is 9.90 Å². The highest BCUT2D eigenvalue weighted by Crippen LogP contribution is 2.30. The van der Waals surface area contributed by atoms with E-state index in [2.05, 4.69) is 4.74 Å². The van der Waals surface area contributed by atoms with Gasteiger partial charge in [0.25, 0.3) is 0 Å². The maximum Gasteiger partial charge on any atom is 0.312 e. The van der Waals surface area contributed by atoms with Crippen molar-refractivity contribution in [2.24, 2.45) is 5.92 Å². The van der Waals surface area contributed by atoms with E-state index in [0.29, 0.717) is 13.0 Å². The summed E-state index contributed by atoms with van der Waals surface area (Å²) in [5.41, 5.74) is 0.844. The van der Waals surface area contributed by atoms with Gasteiger partial charge in [-0.25, -0.2) is 0 Å². The molecule has 1 N–H and O–H groups in total. The quantitative estimate of drug-likeness (QED) is 0.702. The summed E-state index contributed by atoms with van der Waals surface area (Å²) in [5, 5.41) is 9.30. The minimum atomic E-state index is -0.274. The molecule has 2 rings (SSSR count). The Labute approximate surface area is 87.4 Å². The number of phenols is 1.